The molecule has 0 spiro atoms. The van der Waals surface area contributed by atoms with E-state index >= 15 is 0 Å². The van der Waals surface area contributed by atoms with Gasteiger partial charge in [0.05, 0.1) is 13.0 Å². The molecule has 0 fully saturated rings. The van der Waals surface area contributed by atoms with Crippen molar-refractivity contribution in [2.75, 3.05) is 20.3 Å². The number of methoxy groups -OCH3 is 1. The van der Waals surface area contributed by atoms with Crippen molar-refractivity contribution in [2.45, 2.75) is 12.0 Å². The molecule has 9 nitrogen and oxygen atoms in total. The molecular formula is C29H24N2O7. The molecule has 0 aromatic heterocycles. The van der Waals surface area contributed by atoms with Gasteiger partial charge in [-0.2, -0.15) is 5.26 Å². The van der Waals surface area contributed by atoms with Crippen LogP contribution in [0.1, 0.15) is 17.0 Å². The standard InChI is InChI=1S/C29H24N2O7/c1-3-12-34-22-11-8-17(13-25(22)33-2)27-19-10-9-18(14-24(19)38-28(31)20(27)15-30)36-29(32)26-16-35-21-6-4-5-7-23(21)37-26/h3-11,13-14,26-27H,1,12,16,31H2,2H3. The number of nitrogens with two attached hydrogens (primary N) is 1. The van der Waals surface area contributed by atoms with Crippen LogP contribution in [0.4, 0.5) is 0 Å². The Morgan fingerprint density at radius 1 is 1.13 bits per heavy atom. The number of ether oxygens (including phenoxy) is 6. The number of fused-ring (bicyclic) bond motifs is 2. The highest BCUT2D eigenvalue weighted by Gasteiger charge is 2.33. The zero-order chi connectivity index (χ0) is 26.6. The molecule has 0 saturated heterocycles. The molecule has 2 unspecified atom stereocenters. The number of para-hydroxylation sites is 2. The van der Waals surface area contributed by atoms with E-state index in [-0.39, 0.29) is 23.8 Å². The molecule has 2 aliphatic heterocycles. The SMILES string of the molecule is C=CCOc1ccc(C2C(C#N)=C(N)Oc3cc(OC(=O)C4COc5ccccc5O4)ccc32)cc1OC. The van der Waals surface area contributed by atoms with Crippen LogP contribution in [0.3, 0.4) is 0 Å². The first-order valence-electron chi connectivity index (χ1n) is 11.8. The molecule has 192 valence electrons. The Hall–Kier alpha value is -5.10. The maximum absolute atomic E-state index is 12.8. The summed E-state index contributed by atoms with van der Waals surface area (Å²) in [7, 11) is 1.54. The van der Waals surface area contributed by atoms with Gasteiger partial charge >= 0.3 is 5.97 Å². The second-order valence-electron chi connectivity index (χ2n) is 8.42. The minimum Gasteiger partial charge on any atom is -0.493 e. The van der Waals surface area contributed by atoms with E-state index in [1.165, 1.54) is 7.11 Å². The Morgan fingerprint density at radius 2 is 1.95 bits per heavy atom. The third-order valence-electron chi connectivity index (χ3n) is 6.06. The minimum absolute atomic E-state index is 0.0227. The van der Waals surface area contributed by atoms with Crippen molar-refractivity contribution in [3.63, 3.8) is 0 Å². The molecule has 2 heterocycles. The molecule has 0 bridgehead atoms. The van der Waals surface area contributed by atoms with Crippen molar-refractivity contribution in [3.8, 4) is 40.6 Å². The van der Waals surface area contributed by atoms with Gasteiger partial charge in [-0.15, -0.1) is 0 Å². The highest BCUT2D eigenvalue weighted by Crippen LogP contribution is 2.45. The second kappa shape index (κ2) is 10.5. The molecule has 3 aromatic rings. The van der Waals surface area contributed by atoms with Crippen molar-refractivity contribution in [1.29, 1.82) is 5.26 Å². The van der Waals surface area contributed by atoms with Gasteiger partial charge < -0.3 is 34.2 Å². The summed E-state index contributed by atoms with van der Waals surface area (Å²) in [5, 5.41) is 9.87. The average molecular weight is 513 g/mol. The van der Waals surface area contributed by atoms with E-state index in [1.54, 1.807) is 54.6 Å². The first kappa shape index (κ1) is 24.6. The Morgan fingerprint density at radius 3 is 2.71 bits per heavy atom. The first-order valence-corrected chi connectivity index (χ1v) is 11.8. The van der Waals surface area contributed by atoms with Crippen LogP contribution in [-0.2, 0) is 4.79 Å². The van der Waals surface area contributed by atoms with Crippen molar-refractivity contribution < 1.29 is 33.2 Å². The minimum atomic E-state index is -0.931. The summed E-state index contributed by atoms with van der Waals surface area (Å²) in [5.41, 5.74) is 7.79. The molecule has 38 heavy (non-hydrogen) atoms. The predicted octanol–water partition coefficient (Wildman–Crippen LogP) is 4.22. The Labute approximate surface area is 219 Å². The lowest BCUT2D eigenvalue weighted by Crippen LogP contribution is -2.39. The van der Waals surface area contributed by atoms with Crippen LogP contribution < -0.4 is 34.2 Å². The number of hydrogen-bond acceptors (Lipinski definition) is 9. The quantitative estimate of drug-likeness (QED) is 0.282. The number of benzene rings is 3. The van der Waals surface area contributed by atoms with Crippen LogP contribution >= 0.6 is 0 Å². The van der Waals surface area contributed by atoms with Gasteiger partial charge in [0.15, 0.2) is 23.0 Å². The van der Waals surface area contributed by atoms with Gasteiger partial charge in [-0.05, 0) is 35.9 Å². The lowest BCUT2D eigenvalue weighted by molar-refractivity contribution is -0.144. The van der Waals surface area contributed by atoms with Crippen LogP contribution in [0.2, 0.25) is 0 Å². The summed E-state index contributed by atoms with van der Waals surface area (Å²) in [4.78, 5) is 12.8. The normalized spacial score (nSPS) is 17.4. The van der Waals surface area contributed by atoms with Crippen molar-refractivity contribution in [3.05, 3.63) is 95.9 Å². The van der Waals surface area contributed by atoms with Crippen molar-refractivity contribution in [1.82, 2.24) is 0 Å². The fraction of sp³-hybridized carbons (Fsp3) is 0.172. The Balaban J connectivity index is 1.41. The number of carbonyl (C=O) groups is 1. The summed E-state index contributed by atoms with van der Waals surface area (Å²) >= 11 is 0. The van der Waals surface area contributed by atoms with Crippen LogP contribution in [0.5, 0.6) is 34.5 Å². The Bertz CT molecular complexity index is 1470. The predicted molar refractivity (Wildman–Crippen MR) is 136 cm³/mol. The summed E-state index contributed by atoms with van der Waals surface area (Å²) in [6.07, 6.45) is 0.703. The number of allylic oxidation sites excluding steroid dienone is 1. The summed E-state index contributed by atoms with van der Waals surface area (Å²) in [6, 6.07) is 19.5. The van der Waals surface area contributed by atoms with Crippen LogP contribution in [0, 0.1) is 11.3 Å². The largest absolute Gasteiger partial charge is 0.493 e. The molecule has 0 radical (unpaired) electrons. The van der Waals surface area contributed by atoms with E-state index in [0.29, 0.717) is 40.9 Å². The maximum Gasteiger partial charge on any atom is 0.356 e. The van der Waals surface area contributed by atoms with Crippen LogP contribution in [0.25, 0.3) is 0 Å². The van der Waals surface area contributed by atoms with E-state index in [9.17, 15) is 10.1 Å². The van der Waals surface area contributed by atoms with Crippen LogP contribution in [0.15, 0.2) is 84.8 Å². The Kier molecular flexibility index (Phi) is 6.78. The summed E-state index contributed by atoms with van der Waals surface area (Å²) < 4.78 is 33.8. The average Bonchev–Trinajstić information content (AvgIpc) is 2.94. The maximum atomic E-state index is 12.8. The van der Waals surface area contributed by atoms with Gasteiger partial charge in [-0.3, -0.25) is 0 Å². The number of carbonyl (C=O) groups excluding carboxylic acids is 1. The molecule has 5 rings (SSSR count). The molecule has 3 aromatic carbocycles. The third-order valence-corrected chi connectivity index (χ3v) is 6.06. The van der Waals surface area contributed by atoms with Gasteiger partial charge in [0, 0.05) is 11.6 Å². The number of rotatable bonds is 7. The lowest BCUT2D eigenvalue weighted by Gasteiger charge is -2.27. The molecular weight excluding hydrogens is 488 g/mol. The zero-order valence-corrected chi connectivity index (χ0v) is 20.5. The van der Waals surface area contributed by atoms with Crippen molar-refractivity contribution in [2.24, 2.45) is 5.73 Å². The van der Waals surface area contributed by atoms with E-state index in [2.05, 4.69) is 12.6 Å². The van der Waals surface area contributed by atoms with E-state index in [1.807, 2.05) is 12.1 Å². The molecule has 0 amide bonds. The number of nitriles is 1. The van der Waals surface area contributed by atoms with Gasteiger partial charge in [-0.1, -0.05) is 36.9 Å². The van der Waals surface area contributed by atoms with Crippen LogP contribution in [-0.4, -0.2) is 32.4 Å². The lowest BCUT2D eigenvalue weighted by atomic mass is 9.83. The number of nitrogens with zero attached hydrogens (tertiary/aromatic N) is 1. The molecule has 2 aliphatic rings. The first-order chi connectivity index (χ1) is 18.5. The van der Waals surface area contributed by atoms with E-state index in [4.69, 9.17) is 34.2 Å². The smallest absolute Gasteiger partial charge is 0.356 e. The van der Waals surface area contributed by atoms with Crippen molar-refractivity contribution >= 4 is 5.97 Å². The van der Waals surface area contributed by atoms with Gasteiger partial charge in [-0.25, -0.2) is 4.79 Å². The van der Waals surface area contributed by atoms with Gasteiger partial charge in [0.25, 0.3) is 0 Å². The number of hydrogen-bond donors (Lipinski definition) is 1. The molecule has 2 atom stereocenters. The van der Waals surface area contributed by atoms with E-state index < -0.39 is 18.0 Å². The number of esters is 1. The monoisotopic (exact) mass is 512 g/mol. The molecule has 0 saturated carbocycles. The summed E-state index contributed by atoms with van der Waals surface area (Å²) in [5.74, 6) is 1.46. The highest BCUT2D eigenvalue weighted by atomic mass is 16.6. The fourth-order valence-corrected chi connectivity index (χ4v) is 4.29. The molecule has 0 aliphatic carbocycles. The summed E-state index contributed by atoms with van der Waals surface area (Å²) in [6.45, 7) is 4.00. The second-order valence-corrected chi connectivity index (χ2v) is 8.42. The zero-order valence-electron chi connectivity index (χ0n) is 20.5. The molecule has 2 N–H and O–H groups in total. The third kappa shape index (κ3) is 4.67. The molecule has 9 heteroatoms. The topological polar surface area (TPSA) is 122 Å². The fourth-order valence-electron chi connectivity index (χ4n) is 4.29. The van der Waals surface area contributed by atoms with Gasteiger partial charge in [0.2, 0.25) is 12.0 Å². The van der Waals surface area contributed by atoms with E-state index in [0.717, 1.165) is 5.56 Å². The highest BCUT2D eigenvalue weighted by molar-refractivity contribution is 5.78. The van der Waals surface area contributed by atoms with Gasteiger partial charge in [0.1, 0.15) is 36.4 Å².